The molecule has 0 aliphatic heterocycles. The average molecular weight is 237 g/mol. The molecule has 1 aromatic rings. The third kappa shape index (κ3) is 3.53. The summed E-state index contributed by atoms with van der Waals surface area (Å²) in [6, 6.07) is 0.699. The van der Waals surface area contributed by atoms with Crippen LogP contribution in [0.15, 0.2) is 4.52 Å². The molecule has 0 unspecified atom stereocenters. The lowest BCUT2D eigenvalue weighted by atomic mass is 9.94. The summed E-state index contributed by atoms with van der Waals surface area (Å²) in [6.07, 6.45) is 8.72. The second-order valence-corrected chi connectivity index (χ2v) is 5.06. The predicted octanol–water partition coefficient (Wildman–Crippen LogP) is 2.79. The van der Waals surface area contributed by atoms with Crippen LogP contribution in [-0.4, -0.2) is 28.1 Å². The molecule has 2 rings (SSSR count). The summed E-state index contributed by atoms with van der Waals surface area (Å²) >= 11 is 0. The monoisotopic (exact) mass is 237 g/mol. The van der Waals surface area contributed by atoms with Gasteiger partial charge in [0.1, 0.15) is 0 Å². The van der Waals surface area contributed by atoms with Gasteiger partial charge >= 0.3 is 0 Å². The van der Waals surface area contributed by atoms with E-state index in [4.69, 9.17) is 4.52 Å². The normalized spacial score (nSPS) is 17.8. The Kier molecular flexibility index (Phi) is 4.54. The molecular weight excluding hydrogens is 214 g/mol. The minimum Gasteiger partial charge on any atom is -0.338 e. The van der Waals surface area contributed by atoms with Gasteiger partial charge in [0.15, 0.2) is 5.82 Å². The van der Waals surface area contributed by atoms with Crippen molar-refractivity contribution in [3.05, 3.63) is 11.7 Å². The first-order valence-electron chi connectivity index (χ1n) is 6.81. The van der Waals surface area contributed by atoms with E-state index in [9.17, 15) is 0 Å². The molecule has 1 saturated carbocycles. The second-order valence-electron chi connectivity index (χ2n) is 5.06. The van der Waals surface area contributed by atoms with Gasteiger partial charge in [-0.3, -0.25) is 4.90 Å². The summed E-state index contributed by atoms with van der Waals surface area (Å²) < 4.78 is 5.28. The molecule has 0 amide bonds. The minimum absolute atomic E-state index is 0.699. The van der Waals surface area contributed by atoms with Crippen molar-refractivity contribution in [1.82, 2.24) is 15.0 Å². The Hall–Kier alpha value is -0.900. The zero-order valence-electron chi connectivity index (χ0n) is 11.0. The highest BCUT2D eigenvalue weighted by Gasteiger charge is 2.19. The molecule has 0 aromatic carbocycles. The number of hydrogen-bond donors (Lipinski definition) is 0. The molecule has 0 saturated heterocycles. The van der Waals surface area contributed by atoms with E-state index in [-0.39, 0.29) is 0 Å². The second kappa shape index (κ2) is 6.15. The first kappa shape index (κ1) is 12.6. The maximum absolute atomic E-state index is 5.28. The lowest BCUT2D eigenvalue weighted by Gasteiger charge is -2.29. The molecule has 0 N–H and O–H groups in total. The SMILES string of the molecule is CCCc1noc(CN(C)C2CCCCC2)n1. The van der Waals surface area contributed by atoms with Crippen LogP contribution in [0.2, 0.25) is 0 Å². The molecule has 96 valence electrons. The van der Waals surface area contributed by atoms with Crippen LogP contribution in [0.25, 0.3) is 0 Å². The summed E-state index contributed by atoms with van der Waals surface area (Å²) in [7, 11) is 2.17. The van der Waals surface area contributed by atoms with Gasteiger partial charge < -0.3 is 4.52 Å². The van der Waals surface area contributed by atoms with Gasteiger partial charge in [-0.15, -0.1) is 0 Å². The van der Waals surface area contributed by atoms with Crippen LogP contribution in [0.3, 0.4) is 0 Å². The summed E-state index contributed by atoms with van der Waals surface area (Å²) in [4.78, 5) is 6.78. The Morgan fingerprint density at radius 1 is 1.29 bits per heavy atom. The quantitative estimate of drug-likeness (QED) is 0.789. The van der Waals surface area contributed by atoms with Gasteiger partial charge in [-0.25, -0.2) is 0 Å². The first-order chi connectivity index (χ1) is 8.29. The van der Waals surface area contributed by atoms with Crippen molar-refractivity contribution in [3.63, 3.8) is 0 Å². The van der Waals surface area contributed by atoms with Crippen molar-refractivity contribution in [2.45, 2.75) is 64.5 Å². The van der Waals surface area contributed by atoms with Crippen molar-refractivity contribution in [2.75, 3.05) is 7.05 Å². The zero-order valence-corrected chi connectivity index (χ0v) is 11.0. The van der Waals surface area contributed by atoms with Gasteiger partial charge in [0.05, 0.1) is 6.54 Å². The fraction of sp³-hybridized carbons (Fsp3) is 0.846. The first-order valence-corrected chi connectivity index (χ1v) is 6.81. The number of hydrogen-bond acceptors (Lipinski definition) is 4. The van der Waals surface area contributed by atoms with Crippen LogP contribution in [0.1, 0.15) is 57.2 Å². The Labute approximate surface area is 103 Å². The zero-order chi connectivity index (χ0) is 12.1. The highest BCUT2D eigenvalue weighted by molar-refractivity contribution is 4.87. The van der Waals surface area contributed by atoms with Gasteiger partial charge in [-0.1, -0.05) is 31.3 Å². The lowest BCUT2D eigenvalue weighted by molar-refractivity contribution is 0.165. The number of aromatic nitrogens is 2. The van der Waals surface area contributed by atoms with E-state index in [0.29, 0.717) is 6.04 Å². The average Bonchev–Trinajstić information content (AvgIpc) is 2.78. The Morgan fingerprint density at radius 3 is 2.76 bits per heavy atom. The molecule has 4 heteroatoms. The Balaban J connectivity index is 1.85. The van der Waals surface area contributed by atoms with E-state index in [0.717, 1.165) is 31.1 Å². The van der Waals surface area contributed by atoms with Crippen molar-refractivity contribution in [1.29, 1.82) is 0 Å². The van der Waals surface area contributed by atoms with Crippen LogP contribution >= 0.6 is 0 Å². The van der Waals surface area contributed by atoms with Gasteiger partial charge in [0.25, 0.3) is 0 Å². The van der Waals surface area contributed by atoms with E-state index in [2.05, 4.69) is 29.0 Å². The van der Waals surface area contributed by atoms with E-state index >= 15 is 0 Å². The minimum atomic E-state index is 0.699. The largest absolute Gasteiger partial charge is 0.338 e. The van der Waals surface area contributed by atoms with Gasteiger partial charge in [0, 0.05) is 12.5 Å². The molecule has 1 aliphatic carbocycles. The molecule has 1 heterocycles. The van der Waals surface area contributed by atoms with Crippen LogP contribution in [0.5, 0.6) is 0 Å². The summed E-state index contributed by atoms with van der Waals surface area (Å²) in [6.45, 7) is 2.92. The molecule has 17 heavy (non-hydrogen) atoms. The third-order valence-corrected chi connectivity index (χ3v) is 3.57. The Bertz CT molecular complexity index is 331. The molecule has 1 aromatic heterocycles. The molecule has 1 fully saturated rings. The molecule has 0 atom stereocenters. The number of nitrogens with zero attached hydrogens (tertiary/aromatic N) is 3. The van der Waals surface area contributed by atoms with Crippen LogP contribution in [0.4, 0.5) is 0 Å². The van der Waals surface area contributed by atoms with E-state index < -0.39 is 0 Å². The summed E-state index contributed by atoms with van der Waals surface area (Å²) in [5.41, 5.74) is 0. The maximum Gasteiger partial charge on any atom is 0.240 e. The van der Waals surface area contributed by atoms with Gasteiger partial charge in [-0.05, 0) is 26.3 Å². The molecule has 0 bridgehead atoms. The lowest BCUT2D eigenvalue weighted by Crippen LogP contribution is -2.32. The number of aryl methyl sites for hydroxylation is 1. The van der Waals surface area contributed by atoms with E-state index in [1.165, 1.54) is 32.1 Å². The van der Waals surface area contributed by atoms with Crippen LogP contribution < -0.4 is 0 Å². The third-order valence-electron chi connectivity index (χ3n) is 3.57. The molecule has 0 radical (unpaired) electrons. The molecular formula is C13H23N3O. The van der Waals surface area contributed by atoms with Gasteiger partial charge in [0.2, 0.25) is 5.89 Å². The van der Waals surface area contributed by atoms with Crippen LogP contribution in [-0.2, 0) is 13.0 Å². The predicted molar refractivity (Wildman–Crippen MR) is 66.6 cm³/mol. The fourth-order valence-electron chi connectivity index (χ4n) is 2.54. The maximum atomic E-state index is 5.28. The topological polar surface area (TPSA) is 42.2 Å². The highest BCUT2D eigenvalue weighted by atomic mass is 16.5. The highest BCUT2D eigenvalue weighted by Crippen LogP contribution is 2.22. The van der Waals surface area contributed by atoms with E-state index in [1.807, 2.05) is 0 Å². The molecule has 0 spiro atoms. The van der Waals surface area contributed by atoms with Crippen LogP contribution in [0, 0.1) is 0 Å². The van der Waals surface area contributed by atoms with Gasteiger partial charge in [-0.2, -0.15) is 4.98 Å². The smallest absolute Gasteiger partial charge is 0.240 e. The van der Waals surface area contributed by atoms with E-state index in [1.54, 1.807) is 0 Å². The molecule has 4 nitrogen and oxygen atoms in total. The van der Waals surface area contributed by atoms with Crippen molar-refractivity contribution in [2.24, 2.45) is 0 Å². The summed E-state index contributed by atoms with van der Waals surface area (Å²) in [5.74, 6) is 1.61. The summed E-state index contributed by atoms with van der Waals surface area (Å²) in [5, 5.41) is 3.99. The van der Waals surface area contributed by atoms with Crippen molar-refractivity contribution in [3.8, 4) is 0 Å². The number of rotatable bonds is 5. The Morgan fingerprint density at radius 2 is 2.06 bits per heavy atom. The van der Waals surface area contributed by atoms with Crippen molar-refractivity contribution >= 4 is 0 Å². The molecule has 1 aliphatic rings. The fourth-order valence-corrected chi connectivity index (χ4v) is 2.54. The van der Waals surface area contributed by atoms with Crippen molar-refractivity contribution < 1.29 is 4.52 Å². The standard InChI is InChI=1S/C13H23N3O/c1-3-7-12-14-13(17-15-12)10-16(2)11-8-5-4-6-9-11/h11H,3-10H2,1-2H3.